The predicted octanol–water partition coefficient (Wildman–Crippen LogP) is 3.61. The number of aromatic carboxylic acids is 1. The zero-order valence-electron chi connectivity index (χ0n) is 11.5. The van der Waals surface area contributed by atoms with Crippen LogP contribution in [0.2, 0.25) is 0 Å². The second kappa shape index (κ2) is 6.58. The molecule has 0 atom stereocenters. The molecule has 1 aromatic heterocycles. The highest BCUT2D eigenvalue weighted by Crippen LogP contribution is 2.18. The van der Waals surface area contributed by atoms with E-state index < -0.39 is 5.97 Å². The van der Waals surface area contributed by atoms with Gasteiger partial charge in [-0.15, -0.1) is 0 Å². The second-order valence-corrected chi connectivity index (χ2v) is 5.49. The van der Waals surface area contributed by atoms with Crippen molar-refractivity contribution in [3.8, 4) is 0 Å². The zero-order chi connectivity index (χ0) is 15.4. The number of amides is 1. The van der Waals surface area contributed by atoms with Gasteiger partial charge in [0.1, 0.15) is 5.69 Å². The molecule has 0 fully saturated rings. The molecule has 0 bridgehead atoms. The Hall–Kier alpha value is -2.08. The zero-order valence-corrected chi connectivity index (χ0v) is 13.1. The highest BCUT2D eigenvalue weighted by atomic mass is 79.9. The number of carbonyl (C=O) groups excluding carboxylic acids is 1. The number of carboxylic acids is 1. The molecule has 0 spiro atoms. The molecular weight excluding hydrogens is 336 g/mol. The van der Waals surface area contributed by atoms with Gasteiger partial charge < -0.3 is 15.0 Å². The number of aryl methyl sites for hydroxylation is 1. The predicted molar refractivity (Wildman–Crippen MR) is 83.8 cm³/mol. The number of hydrogen-bond acceptors (Lipinski definition) is 2. The van der Waals surface area contributed by atoms with Crippen LogP contribution < -0.4 is 5.32 Å². The number of aromatic nitrogens is 1. The first-order valence-corrected chi connectivity index (χ1v) is 7.31. The SMILES string of the molecule is CCCn1cc(Br)cc1C(=O)Nc1cccc(C(=O)O)c1. The number of carbonyl (C=O) groups is 2. The van der Waals surface area contributed by atoms with Crippen molar-refractivity contribution in [2.75, 3.05) is 5.32 Å². The van der Waals surface area contributed by atoms with Crippen LogP contribution in [-0.4, -0.2) is 21.6 Å². The van der Waals surface area contributed by atoms with Crippen molar-refractivity contribution in [3.63, 3.8) is 0 Å². The maximum atomic E-state index is 12.3. The van der Waals surface area contributed by atoms with E-state index in [1.165, 1.54) is 12.1 Å². The summed E-state index contributed by atoms with van der Waals surface area (Å²) in [6.45, 7) is 2.77. The minimum atomic E-state index is -1.02. The fraction of sp³-hybridized carbons (Fsp3) is 0.200. The molecule has 6 heteroatoms. The van der Waals surface area contributed by atoms with Crippen LogP contribution in [0.25, 0.3) is 0 Å². The summed E-state index contributed by atoms with van der Waals surface area (Å²) in [5.74, 6) is -1.29. The number of nitrogens with one attached hydrogen (secondary N) is 1. The van der Waals surface area contributed by atoms with Crippen LogP contribution in [0, 0.1) is 0 Å². The number of carboxylic acid groups (broad SMARTS) is 1. The lowest BCUT2D eigenvalue weighted by atomic mass is 10.2. The summed E-state index contributed by atoms with van der Waals surface area (Å²) in [6.07, 6.45) is 2.77. The van der Waals surface area contributed by atoms with Crippen molar-refractivity contribution >= 4 is 33.5 Å². The summed E-state index contributed by atoms with van der Waals surface area (Å²) in [5, 5.41) is 11.7. The van der Waals surface area contributed by atoms with Crippen LogP contribution in [0.15, 0.2) is 41.0 Å². The van der Waals surface area contributed by atoms with Gasteiger partial charge in [0.25, 0.3) is 5.91 Å². The lowest BCUT2D eigenvalue weighted by Crippen LogP contribution is -2.17. The van der Waals surface area contributed by atoms with E-state index in [2.05, 4.69) is 21.2 Å². The number of hydrogen-bond donors (Lipinski definition) is 2. The number of rotatable bonds is 5. The average molecular weight is 351 g/mol. The van der Waals surface area contributed by atoms with Crippen molar-refractivity contribution in [1.29, 1.82) is 0 Å². The maximum Gasteiger partial charge on any atom is 0.335 e. The third kappa shape index (κ3) is 3.72. The van der Waals surface area contributed by atoms with E-state index >= 15 is 0 Å². The molecule has 0 saturated heterocycles. The molecule has 5 nitrogen and oxygen atoms in total. The minimum Gasteiger partial charge on any atom is -0.478 e. The standard InChI is InChI=1S/C15H15BrN2O3/c1-2-6-18-9-11(16)8-13(18)14(19)17-12-5-3-4-10(7-12)15(20)21/h3-5,7-9H,2,6H2,1H3,(H,17,19)(H,20,21). The molecule has 1 heterocycles. The van der Waals surface area contributed by atoms with E-state index in [9.17, 15) is 9.59 Å². The summed E-state index contributed by atoms with van der Waals surface area (Å²) in [7, 11) is 0. The van der Waals surface area contributed by atoms with Crippen molar-refractivity contribution in [2.24, 2.45) is 0 Å². The molecule has 0 aliphatic carbocycles. The normalized spacial score (nSPS) is 10.4. The van der Waals surface area contributed by atoms with Gasteiger partial charge in [-0.2, -0.15) is 0 Å². The van der Waals surface area contributed by atoms with E-state index in [0.29, 0.717) is 11.4 Å². The molecule has 1 amide bonds. The molecule has 2 rings (SSSR count). The molecule has 110 valence electrons. The maximum absolute atomic E-state index is 12.3. The molecule has 0 aliphatic rings. The van der Waals surface area contributed by atoms with Crippen molar-refractivity contribution in [2.45, 2.75) is 19.9 Å². The highest BCUT2D eigenvalue weighted by molar-refractivity contribution is 9.10. The fourth-order valence-corrected chi connectivity index (χ4v) is 2.48. The number of nitrogens with zero attached hydrogens (tertiary/aromatic N) is 1. The Kier molecular flexibility index (Phi) is 4.80. The topological polar surface area (TPSA) is 71.3 Å². The molecule has 1 aromatic carbocycles. The van der Waals surface area contributed by atoms with E-state index in [4.69, 9.17) is 5.11 Å². The highest BCUT2D eigenvalue weighted by Gasteiger charge is 2.13. The third-order valence-electron chi connectivity index (χ3n) is 2.93. The summed E-state index contributed by atoms with van der Waals surface area (Å²) in [5.41, 5.74) is 1.13. The van der Waals surface area contributed by atoms with Gasteiger partial charge in [-0.1, -0.05) is 13.0 Å². The molecule has 2 N–H and O–H groups in total. The van der Waals surface area contributed by atoms with Gasteiger partial charge in [-0.05, 0) is 46.6 Å². The van der Waals surface area contributed by atoms with Crippen molar-refractivity contribution < 1.29 is 14.7 Å². The quantitative estimate of drug-likeness (QED) is 0.865. The van der Waals surface area contributed by atoms with Crippen LogP contribution in [0.4, 0.5) is 5.69 Å². The smallest absolute Gasteiger partial charge is 0.335 e. The van der Waals surface area contributed by atoms with Gasteiger partial charge in [0.05, 0.1) is 5.56 Å². The fourth-order valence-electron chi connectivity index (χ4n) is 2.02. The van der Waals surface area contributed by atoms with Crippen LogP contribution in [0.3, 0.4) is 0 Å². The summed E-state index contributed by atoms with van der Waals surface area (Å²) in [4.78, 5) is 23.2. The van der Waals surface area contributed by atoms with Crippen LogP contribution >= 0.6 is 15.9 Å². The van der Waals surface area contributed by atoms with Crippen LogP contribution in [-0.2, 0) is 6.54 Å². The van der Waals surface area contributed by atoms with E-state index in [1.807, 2.05) is 17.7 Å². The summed E-state index contributed by atoms with van der Waals surface area (Å²) < 4.78 is 2.70. The molecule has 0 saturated carbocycles. The molecule has 0 aliphatic heterocycles. The van der Waals surface area contributed by atoms with Gasteiger partial charge in [-0.3, -0.25) is 4.79 Å². The lowest BCUT2D eigenvalue weighted by Gasteiger charge is -2.09. The summed E-state index contributed by atoms with van der Waals surface area (Å²) >= 11 is 3.36. The Morgan fingerprint density at radius 1 is 1.33 bits per heavy atom. The Morgan fingerprint density at radius 2 is 2.10 bits per heavy atom. The monoisotopic (exact) mass is 350 g/mol. The largest absolute Gasteiger partial charge is 0.478 e. The molecular formula is C15H15BrN2O3. The lowest BCUT2D eigenvalue weighted by molar-refractivity contribution is 0.0696. The average Bonchev–Trinajstić information content (AvgIpc) is 2.80. The van der Waals surface area contributed by atoms with Gasteiger partial charge in [0.15, 0.2) is 0 Å². The Labute approximate surface area is 130 Å². The molecule has 2 aromatic rings. The minimum absolute atomic E-state index is 0.137. The van der Waals surface area contributed by atoms with Crippen LogP contribution in [0.5, 0.6) is 0 Å². The van der Waals surface area contributed by atoms with E-state index in [0.717, 1.165) is 17.4 Å². The van der Waals surface area contributed by atoms with E-state index in [1.54, 1.807) is 18.2 Å². The Balaban J connectivity index is 2.22. The van der Waals surface area contributed by atoms with Crippen molar-refractivity contribution in [3.05, 3.63) is 52.3 Å². The number of halogens is 1. The Bertz CT molecular complexity index is 679. The van der Waals surface area contributed by atoms with Crippen molar-refractivity contribution in [1.82, 2.24) is 4.57 Å². The van der Waals surface area contributed by atoms with E-state index in [-0.39, 0.29) is 11.5 Å². The summed E-state index contributed by atoms with van der Waals surface area (Å²) in [6, 6.07) is 7.91. The second-order valence-electron chi connectivity index (χ2n) is 4.58. The van der Waals surface area contributed by atoms with Gasteiger partial charge in [-0.25, -0.2) is 4.79 Å². The first-order valence-electron chi connectivity index (χ1n) is 6.51. The van der Waals surface area contributed by atoms with Gasteiger partial charge in [0.2, 0.25) is 0 Å². The first kappa shape index (κ1) is 15.3. The van der Waals surface area contributed by atoms with Crippen LogP contribution in [0.1, 0.15) is 34.2 Å². The van der Waals surface area contributed by atoms with Gasteiger partial charge in [0, 0.05) is 22.9 Å². The molecule has 21 heavy (non-hydrogen) atoms. The first-order chi connectivity index (χ1) is 10.0. The Morgan fingerprint density at radius 3 is 2.76 bits per heavy atom. The number of benzene rings is 1. The molecule has 0 unspecified atom stereocenters. The third-order valence-corrected chi connectivity index (χ3v) is 3.36. The number of anilines is 1. The molecule has 0 radical (unpaired) electrons. The van der Waals surface area contributed by atoms with Gasteiger partial charge >= 0.3 is 5.97 Å².